The lowest BCUT2D eigenvalue weighted by atomic mass is 9.49. The number of thioether (sulfide) groups is 1. The van der Waals surface area contributed by atoms with Crippen LogP contribution in [0.4, 0.5) is 11.5 Å². The van der Waals surface area contributed by atoms with Gasteiger partial charge in [-0.2, -0.15) is 16.9 Å². The number of non-ortho nitro benzene ring substituents is 1. The molecule has 1 aliphatic heterocycles. The third-order valence-electron chi connectivity index (χ3n) is 7.61. The molecule has 2 aromatic rings. The molecule has 2 heterocycles. The number of nitro benzene ring substituents is 1. The number of carbonyl (C=O) groups excluding carboxylic acids is 1. The van der Waals surface area contributed by atoms with Gasteiger partial charge in [-0.05, 0) is 68.4 Å². The number of nitrogens with zero attached hydrogens (tertiary/aromatic N) is 3. The minimum absolute atomic E-state index is 0.0492. The molecule has 0 atom stereocenters. The van der Waals surface area contributed by atoms with Crippen molar-refractivity contribution in [2.24, 2.45) is 23.2 Å². The highest BCUT2D eigenvalue weighted by Gasteiger charge is 2.54. The minimum Gasteiger partial charge on any atom is -0.310 e. The van der Waals surface area contributed by atoms with E-state index in [1.807, 2.05) is 0 Å². The summed E-state index contributed by atoms with van der Waals surface area (Å²) in [5, 5.41) is 19.0. The Hall–Kier alpha value is -2.35. The molecule has 1 aromatic carbocycles. The van der Waals surface area contributed by atoms with Crippen molar-refractivity contribution in [1.82, 2.24) is 9.78 Å². The van der Waals surface area contributed by atoms with Crippen LogP contribution in [-0.2, 0) is 16.3 Å². The Bertz CT molecular complexity index is 1010. The number of aromatic nitrogens is 2. The maximum Gasteiger partial charge on any atom is 0.269 e. The van der Waals surface area contributed by atoms with Gasteiger partial charge < -0.3 is 5.32 Å². The van der Waals surface area contributed by atoms with Crippen LogP contribution in [0.1, 0.15) is 49.8 Å². The molecular formula is C22H24N4O3S. The van der Waals surface area contributed by atoms with E-state index in [4.69, 9.17) is 5.10 Å². The number of rotatable bonds is 4. The van der Waals surface area contributed by atoms with E-state index in [9.17, 15) is 14.9 Å². The molecule has 30 heavy (non-hydrogen) atoms. The minimum atomic E-state index is -0.404. The number of hydrogen-bond acceptors (Lipinski definition) is 5. The first kappa shape index (κ1) is 18.4. The molecule has 7 nitrogen and oxygen atoms in total. The molecule has 0 spiro atoms. The maximum atomic E-state index is 13.6. The van der Waals surface area contributed by atoms with Crippen molar-refractivity contribution in [3.8, 4) is 5.69 Å². The van der Waals surface area contributed by atoms with Crippen LogP contribution >= 0.6 is 11.8 Å². The first-order valence-electron chi connectivity index (χ1n) is 10.8. The van der Waals surface area contributed by atoms with Crippen LogP contribution in [0.15, 0.2) is 24.3 Å². The number of nitrogens with one attached hydrogen (secondary N) is 1. The fraction of sp³-hybridized carbons (Fsp3) is 0.545. The summed E-state index contributed by atoms with van der Waals surface area (Å²) in [6.45, 7) is 0. The van der Waals surface area contributed by atoms with E-state index in [1.165, 1.54) is 31.4 Å². The van der Waals surface area contributed by atoms with E-state index < -0.39 is 4.92 Å². The van der Waals surface area contributed by atoms with Gasteiger partial charge in [0.25, 0.3) is 5.69 Å². The van der Waals surface area contributed by atoms with Crippen LogP contribution in [0, 0.1) is 33.3 Å². The summed E-state index contributed by atoms with van der Waals surface area (Å²) in [5.74, 6) is 4.71. The van der Waals surface area contributed by atoms with E-state index in [0.29, 0.717) is 17.8 Å². The maximum absolute atomic E-state index is 13.6. The Morgan fingerprint density at radius 1 is 1.10 bits per heavy atom. The third-order valence-corrected chi connectivity index (χ3v) is 8.58. The number of hydrogen-bond donors (Lipinski definition) is 1. The molecule has 156 valence electrons. The van der Waals surface area contributed by atoms with Gasteiger partial charge in [-0.3, -0.25) is 14.9 Å². The Morgan fingerprint density at radius 2 is 1.73 bits per heavy atom. The number of benzene rings is 1. The fourth-order valence-electron chi connectivity index (χ4n) is 6.67. The summed E-state index contributed by atoms with van der Waals surface area (Å²) >= 11 is 1.80. The van der Waals surface area contributed by atoms with Gasteiger partial charge in [0.15, 0.2) is 0 Å². The monoisotopic (exact) mass is 424 g/mol. The standard InChI is InChI=1S/C22H24N4O3S/c27-21(22-8-13-5-14(9-22)7-15(6-13)10-22)23-20-18-11-30-12-19(18)24-25(20)16-1-3-17(4-2-16)26(28)29/h1-4,13-15H,5-12H2,(H,23,27). The third kappa shape index (κ3) is 2.80. The molecule has 4 saturated carbocycles. The predicted octanol–water partition coefficient (Wildman–Crippen LogP) is 4.68. The van der Waals surface area contributed by atoms with Gasteiger partial charge in [0.1, 0.15) is 5.82 Å². The van der Waals surface area contributed by atoms with E-state index in [0.717, 1.165) is 53.5 Å². The Kier molecular flexibility index (Phi) is 4.04. The molecule has 1 aromatic heterocycles. The van der Waals surface area contributed by atoms with Gasteiger partial charge in [-0.25, -0.2) is 4.68 Å². The van der Waals surface area contributed by atoms with E-state index in [2.05, 4.69) is 5.32 Å². The molecule has 4 bridgehead atoms. The first-order valence-corrected chi connectivity index (χ1v) is 11.9. The zero-order valence-electron chi connectivity index (χ0n) is 16.7. The molecule has 4 fully saturated rings. The second-order valence-corrected chi connectivity index (χ2v) is 10.6. The largest absolute Gasteiger partial charge is 0.310 e. The average molecular weight is 425 g/mol. The summed E-state index contributed by atoms with van der Waals surface area (Å²) in [6.07, 6.45) is 6.98. The highest BCUT2D eigenvalue weighted by molar-refractivity contribution is 7.98. The quantitative estimate of drug-likeness (QED) is 0.568. The molecular weight excluding hydrogens is 400 g/mol. The SMILES string of the molecule is O=C(Nc1c2c(nn1-c1ccc([N+](=O)[O-])cc1)CSC2)C12CC3CC(CC(C3)C1)C2. The number of fused-ring (bicyclic) bond motifs is 1. The zero-order valence-corrected chi connectivity index (χ0v) is 17.5. The normalized spacial score (nSPS) is 31.0. The summed E-state index contributed by atoms with van der Waals surface area (Å²) in [5.41, 5.74) is 2.65. The molecule has 0 radical (unpaired) electrons. The van der Waals surface area contributed by atoms with Crippen LogP contribution in [0.2, 0.25) is 0 Å². The topological polar surface area (TPSA) is 90.1 Å². The Morgan fingerprint density at radius 3 is 2.33 bits per heavy atom. The van der Waals surface area contributed by atoms with Gasteiger partial charge in [-0.15, -0.1) is 0 Å². The number of carbonyl (C=O) groups is 1. The smallest absolute Gasteiger partial charge is 0.269 e. The van der Waals surface area contributed by atoms with Crippen LogP contribution in [-0.4, -0.2) is 20.6 Å². The second-order valence-electron chi connectivity index (χ2n) is 9.60. The summed E-state index contributed by atoms with van der Waals surface area (Å²) in [6, 6.07) is 6.38. The van der Waals surface area contributed by atoms with Crippen LogP contribution in [0.5, 0.6) is 0 Å². The number of anilines is 1. The van der Waals surface area contributed by atoms with Crippen LogP contribution in [0.25, 0.3) is 5.69 Å². The van der Waals surface area contributed by atoms with Crippen molar-refractivity contribution < 1.29 is 9.72 Å². The second kappa shape index (κ2) is 6.57. The first-order chi connectivity index (χ1) is 14.5. The van der Waals surface area contributed by atoms with Crippen LogP contribution in [0.3, 0.4) is 0 Å². The van der Waals surface area contributed by atoms with Crippen molar-refractivity contribution in [1.29, 1.82) is 0 Å². The molecule has 1 N–H and O–H groups in total. The molecule has 4 aliphatic carbocycles. The highest BCUT2D eigenvalue weighted by Crippen LogP contribution is 2.60. The molecule has 7 rings (SSSR count). The molecule has 1 amide bonds. The lowest BCUT2D eigenvalue weighted by Crippen LogP contribution is -2.52. The summed E-state index contributed by atoms with van der Waals surface area (Å²) in [7, 11) is 0. The van der Waals surface area contributed by atoms with Crippen molar-refractivity contribution >= 4 is 29.2 Å². The van der Waals surface area contributed by atoms with Gasteiger partial charge in [0.05, 0.1) is 21.7 Å². The van der Waals surface area contributed by atoms with Crippen molar-refractivity contribution in [3.63, 3.8) is 0 Å². The number of nitro groups is 1. The Labute approximate surface area is 178 Å². The average Bonchev–Trinajstić information content (AvgIpc) is 3.29. The zero-order chi connectivity index (χ0) is 20.5. The van der Waals surface area contributed by atoms with Crippen molar-refractivity contribution in [2.75, 3.05) is 5.32 Å². The molecule has 0 unspecified atom stereocenters. The van der Waals surface area contributed by atoms with Crippen molar-refractivity contribution in [3.05, 3.63) is 45.6 Å². The fourth-order valence-corrected chi connectivity index (χ4v) is 7.71. The lowest BCUT2D eigenvalue weighted by Gasteiger charge is -2.55. The summed E-state index contributed by atoms with van der Waals surface area (Å²) < 4.78 is 1.77. The molecule has 8 heteroatoms. The highest BCUT2D eigenvalue weighted by atomic mass is 32.2. The van der Waals surface area contributed by atoms with Gasteiger partial charge >= 0.3 is 0 Å². The molecule has 0 saturated heterocycles. The van der Waals surface area contributed by atoms with Crippen LogP contribution < -0.4 is 5.32 Å². The molecule has 5 aliphatic rings. The number of amides is 1. The summed E-state index contributed by atoms with van der Waals surface area (Å²) in [4.78, 5) is 24.2. The van der Waals surface area contributed by atoms with Gasteiger partial charge in [0, 0.05) is 29.2 Å². The van der Waals surface area contributed by atoms with E-state index >= 15 is 0 Å². The van der Waals surface area contributed by atoms with E-state index in [1.54, 1.807) is 28.6 Å². The predicted molar refractivity (Wildman–Crippen MR) is 114 cm³/mol. The van der Waals surface area contributed by atoms with Gasteiger partial charge in [0.2, 0.25) is 5.91 Å². The van der Waals surface area contributed by atoms with Gasteiger partial charge in [-0.1, -0.05) is 0 Å². The lowest BCUT2D eigenvalue weighted by molar-refractivity contribution is -0.384. The Balaban J connectivity index is 1.34. The van der Waals surface area contributed by atoms with E-state index in [-0.39, 0.29) is 17.0 Å². The van der Waals surface area contributed by atoms with Crippen molar-refractivity contribution in [2.45, 2.75) is 50.0 Å².